The number of nitrogens with one attached hydrogen (secondary N) is 1. The van der Waals surface area contributed by atoms with Gasteiger partial charge in [0.2, 0.25) is 17.5 Å². The number of fused-ring (bicyclic) bond motifs is 3. The number of carboxylic acids is 1. The average Bonchev–Trinajstić information content (AvgIpc) is 1.49. The smallest absolute Gasteiger partial charge is 0.452 e. The number of halogens is 11. The summed E-state index contributed by atoms with van der Waals surface area (Å²) in [5, 5.41) is 34.8. The summed E-state index contributed by atoms with van der Waals surface area (Å²) in [6.45, 7) is 4.24. The first-order chi connectivity index (χ1) is 46.7. The first-order valence-corrected chi connectivity index (χ1v) is 34.4. The van der Waals surface area contributed by atoms with Gasteiger partial charge in [-0.15, -0.1) is 25.5 Å². The fourth-order valence-corrected chi connectivity index (χ4v) is 15.7. The number of ether oxygens (including phenoxy) is 2. The Bertz CT molecular complexity index is 4480. The van der Waals surface area contributed by atoms with Crippen LogP contribution in [0.15, 0.2) is 120 Å². The number of carbonyl (C=O) groups excluding carboxylic acids is 2. The number of carbonyl (C=O) groups is 3. The second-order valence-corrected chi connectivity index (χ2v) is 29.0. The molecule has 3 aromatic heterocycles. The Morgan fingerprint density at radius 2 is 0.887 bits per heavy atom. The summed E-state index contributed by atoms with van der Waals surface area (Å²) >= 11 is 10.3. The molecule has 0 spiro atoms. The SMILES string of the molecule is CCOC(=O)C1(Br)CCC1.CCOC(=O)C1(Sc2nnc(C(F)(F)F)n2-c2ccc(C3CC3)c3ccccc23)CCC1.FC(F)(F)c1n[nH]c(=S)n1-c1ccc(C2CC2)c2ccccc12.O=C(O)C1(Sc2nnc(C(F)(F)F)n2-c2ccc(C3CC3)c3ccccc23)CCC1.[2H]CF. The molecule has 15 nitrogen and oxygen atoms in total. The van der Waals surface area contributed by atoms with E-state index in [2.05, 4.69) is 46.5 Å². The largest absolute Gasteiger partial charge is 0.480 e. The highest BCUT2D eigenvalue weighted by Gasteiger charge is 2.51. The highest BCUT2D eigenvalue weighted by atomic mass is 79.9. The topological polar surface area (TPSA) is 185 Å². The summed E-state index contributed by atoms with van der Waals surface area (Å²) in [6, 6.07) is 33.1. The first-order valence-electron chi connectivity index (χ1n) is 32.3. The number of hydrogen-bond donors (Lipinski definition) is 2. The maximum absolute atomic E-state index is 13.9. The Labute approximate surface area is 573 Å². The van der Waals surface area contributed by atoms with Crippen LogP contribution in [-0.2, 0) is 42.4 Å². The molecule has 0 bridgehead atoms. The Morgan fingerprint density at radius 1 is 0.546 bits per heavy atom. The number of benzene rings is 6. The molecular formula is C68H66BrF10N9O6S3. The third-order valence-electron chi connectivity index (χ3n) is 18.0. The van der Waals surface area contributed by atoms with Gasteiger partial charge in [0.25, 0.3) is 0 Å². The van der Waals surface area contributed by atoms with Crippen molar-refractivity contribution in [1.82, 2.24) is 44.3 Å². The minimum atomic E-state index is -4.72. The fraction of sp³-hybridized carbons (Fsp3) is 0.426. The molecule has 6 saturated carbocycles. The van der Waals surface area contributed by atoms with Gasteiger partial charge in [0, 0.05) is 16.2 Å². The number of alkyl halides is 11. The minimum absolute atomic E-state index is 0.0475. The first kappa shape index (κ1) is 69.5. The van der Waals surface area contributed by atoms with E-state index >= 15 is 0 Å². The molecular weight excluding hydrogens is 1400 g/mol. The molecule has 6 fully saturated rings. The number of aliphatic carboxylic acids is 1. The maximum atomic E-state index is 13.9. The van der Waals surface area contributed by atoms with Gasteiger partial charge in [0.05, 0.1) is 38.8 Å². The van der Waals surface area contributed by atoms with Crippen LogP contribution < -0.4 is 0 Å². The molecule has 3 heterocycles. The molecule has 29 heteroatoms. The van der Waals surface area contributed by atoms with Gasteiger partial charge in [0.1, 0.15) is 13.8 Å². The van der Waals surface area contributed by atoms with Crippen molar-refractivity contribution in [3.63, 3.8) is 0 Å². The Morgan fingerprint density at radius 3 is 1.20 bits per heavy atom. The van der Waals surface area contributed by atoms with Gasteiger partial charge in [-0.05, 0) is 191 Å². The predicted octanol–water partition coefficient (Wildman–Crippen LogP) is 18.7. The van der Waals surface area contributed by atoms with E-state index in [4.69, 9.17) is 23.1 Å². The normalized spacial score (nSPS) is 17.6. The number of carboxylic acid groups (broad SMARTS) is 1. The lowest BCUT2D eigenvalue weighted by Gasteiger charge is -2.37. The molecule has 6 aliphatic rings. The summed E-state index contributed by atoms with van der Waals surface area (Å²) in [5.74, 6) is -3.42. The highest BCUT2D eigenvalue weighted by molar-refractivity contribution is 9.10. The zero-order valence-electron chi connectivity index (χ0n) is 53.3. The highest BCUT2D eigenvalue weighted by Crippen LogP contribution is 2.53. The maximum Gasteiger partial charge on any atom is 0.452 e. The molecule has 2 N–H and O–H groups in total. The Balaban J connectivity index is 0.000000137. The fourth-order valence-electron chi connectivity index (χ4n) is 12.2. The lowest BCUT2D eigenvalue weighted by molar-refractivity contribution is -0.149. The summed E-state index contributed by atoms with van der Waals surface area (Å²) in [4.78, 5) is 35.5. The number of nitrogens with zero attached hydrogens (tertiary/aromatic N) is 8. The van der Waals surface area contributed by atoms with Crippen LogP contribution in [0, 0.1) is 4.77 Å². The summed E-state index contributed by atoms with van der Waals surface area (Å²) in [7, 11) is -1.00. The molecule has 0 atom stereocenters. The van der Waals surface area contributed by atoms with Gasteiger partial charge >= 0.3 is 36.4 Å². The van der Waals surface area contributed by atoms with E-state index in [1.807, 2.05) is 85.8 Å². The molecule has 97 heavy (non-hydrogen) atoms. The van der Waals surface area contributed by atoms with Gasteiger partial charge in [-0.25, -0.2) is 0 Å². The summed E-state index contributed by atoms with van der Waals surface area (Å²) in [6.07, 6.45) is -1.06. The van der Waals surface area contributed by atoms with Gasteiger partial charge < -0.3 is 14.6 Å². The van der Waals surface area contributed by atoms with E-state index in [0.717, 1.165) is 141 Å². The van der Waals surface area contributed by atoms with Crippen LogP contribution >= 0.6 is 51.7 Å². The minimum Gasteiger partial charge on any atom is -0.480 e. The van der Waals surface area contributed by atoms with Crippen LogP contribution in [0.25, 0.3) is 49.4 Å². The molecule has 0 saturated heterocycles. The Hall–Kier alpha value is -7.37. The van der Waals surface area contributed by atoms with Crippen molar-refractivity contribution < 1.29 is 74.2 Å². The van der Waals surface area contributed by atoms with Gasteiger partial charge in [-0.3, -0.25) is 37.6 Å². The van der Waals surface area contributed by atoms with Crippen LogP contribution in [-0.4, -0.2) is 101 Å². The van der Waals surface area contributed by atoms with Gasteiger partial charge in [-0.2, -0.15) is 39.5 Å². The van der Waals surface area contributed by atoms with Crippen LogP contribution in [0.4, 0.5) is 43.9 Å². The van der Waals surface area contributed by atoms with Crippen molar-refractivity contribution in [3.8, 4) is 17.1 Å². The van der Waals surface area contributed by atoms with E-state index in [9.17, 15) is 63.4 Å². The quantitative estimate of drug-likeness (QED) is 0.0427. The molecule has 514 valence electrons. The van der Waals surface area contributed by atoms with Crippen molar-refractivity contribution in [2.24, 2.45) is 0 Å². The number of esters is 2. The number of rotatable bonds is 15. The molecule has 6 aliphatic carbocycles. The third-order valence-corrected chi connectivity index (χ3v) is 22.2. The summed E-state index contributed by atoms with van der Waals surface area (Å²) in [5.41, 5.74) is 4.55. The van der Waals surface area contributed by atoms with Crippen LogP contribution in [0.5, 0.6) is 0 Å². The monoisotopic (exact) mass is 1470 g/mol. The van der Waals surface area contributed by atoms with E-state index in [1.54, 1.807) is 37.3 Å². The van der Waals surface area contributed by atoms with E-state index < -0.39 is 64.6 Å². The van der Waals surface area contributed by atoms with Crippen molar-refractivity contribution in [3.05, 3.63) is 148 Å². The second-order valence-electron chi connectivity index (χ2n) is 24.4. The number of aromatic amines is 1. The lowest BCUT2D eigenvalue weighted by atomic mass is 9.84. The van der Waals surface area contributed by atoms with E-state index in [1.165, 1.54) is 5.56 Å². The molecule has 0 amide bonds. The van der Waals surface area contributed by atoms with Gasteiger partial charge in [0.15, 0.2) is 15.1 Å². The van der Waals surface area contributed by atoms with Crippen molar-refractivity contribution in [1.29, 1.82) is 0 Å². The van der Waals surface area contributed by atoms with Crippen LogP contribution in [0.2, 0.25) is 0 Å². The van der Waals surface area contributed by atoms with Crippen molar-refractivity contribution in [2.45, 2.75) is 171 Å². The summed E-state index contributed by atoms with van der Waals surface area (Å²) < 4.78 is 149. The molecule has 0 radical (unpaired) electrons. The standard InChI is InChI=1S/C23H22F3N3O2S.C21H18F3N3O2S.C16H12F3N3S.C7H11BrO2.CH3F/c1-2-31-20(30)22(12-5-13-22)32-21-28-27-19(23(24,25)26)29(21)18-11-10-15(14-8-9-14)16-6-3-4-7-17(16)18;22-21(23,24)17-25-26-19(30-20(18(28)29)10-3-11-20)27(17)16-9-8-13(12-6-7-12)14-4-1-2-5-15(14)16;17-16(18,19)14-20-21-15(23)22(14)13-8-7-10(9-5-6-9)11-3-1-2-4-12(11)13;1-2-10-6(9)7(8)4-3-5-7;1-2/h3-4,6-7,10-11,14H,2,5,8-9,12-13H2,1H3;1-2,4-5,8-9,12H,3,6-7,10-11H2,(H,28,29);1-4,7-9H,5-6H2,(H,21,23);2-5H2,1H3;1H3/i;;;;1D. The van der Waals surface area contributed by atoms with Crippen LogP contribution in [0.1, 0.15) is 163 Å². The zero-order chi connectivity index (χ0) is 70.1. The predicted molar refractivity (Wildman–Crippen MR) is 353 cm³/mol. The second kappa shape index (κ2) is 28.5. The number of aromatic nitrogens is 9. The molecule has 15 rings (SSSR count). The van der Waals surface area contributed by atoms with E-state index in [0.29, 0.717) is 77.9 Å². The van der Waals surface area contributed by atoms with E-state index in [-0.39, 0.29) is 32.0 Å². The Kier molecular flexibility index (Phi) is 20.4. The zero-order valence-corrected chi connectivity index (χ0v) is 56.3. The van der Waals surface area contributed by atoms with Crippen molar-refractivity contribution in [2.75, 3.05) is 20.4 Å². The average molecular weight is 1470 g/mol. The molecule has 9 aromatic rings. The lowest BCUT2D eigenvalue weighted by Crippen LogP contribution is -2.43. The number of H-pyrrole nitrogens is 1. The van der Waals surface area contributed by atoms with Gasteiger partial charge in [-0.1, -0.05) is 130 Å². The van der Waals surface area contributed by atoms with Crippen LogP contribution in [0.3, 0.4) is 0 Å². The number of thioether (sulfide) groups is 2. The molecule has 6 aromatic carbocycles. The molecule has 0 aliphatic heterocycles. The number of hydrogen-bond acceptors (Lipinski definition) is 13. The molecule has 0 unspecified atom stereocenters. The van der Waals surface area contributed by atoms with Crippen molar-refractivity contribution >= 4 is 102 Å². The third kappa shape index (κ3) is 14.7.